The number of amides is 1. The number of piperidine rings is 1. The van der Waals surface area contributed by atoms with E-state index in [0.29, 0.717) is 17.9 Å². The molecule has 142 valence electrons. The maximum absolute atomic E-state index is 12.7. The van der Waals surface area contributed by atoms with Crippen molar-refractivity contribution < 1.29 is 9.90 Å². The van der Waals surface area contributed by atoms with Crippen LogP contribution in [0.5, 0.6) is 5.75 Å². The Morgan fingerprint density at radius 2 is 1.89 bits per heavy atom. The van der Waals surface area contributed by atoms with Gasteiger partial charge in [-0.25, -0.2) is 4.98 Å². The topological polar surface area (TPSA) is 56.7 Å². The summed E-state index contributed by atoms with van der Waals surface area (Å²) in [5.74, 6) is 0.524. The molecule has 1 aliphatic heterocycles. The summed E-state index contributed by atoms with van der Waals surface area (Å²) in [6.07, 6.45) is 8.35. The summed E-state index contributed by atoms with van der Waals surface area (Å²) in [5.41, 5.74) is 4.32. The predicted octanol–water partition coefficient (Wildman–Crippen LogP) is 4.06. The van der Waals surface area contributed by atoms with Gasteiger partial charge in [0, 0.05) is 31.5 Å². The van der Waals surface area contributed by atoms with Gasteiger partial charge in [0.05, 0.1) is 5.56 Å². The van der Waals surface area contributed by atoms with Gasteiger partial charge in [-0.1, -0.05) is 6.07 Å². The third kappa shape index (κ3) is 3.51. The number of carbonyl (C=O) groups is 1. The normalized spacial score (nSPS) is 16.3. The summed E-state index contributed by atoms with van der Waals surface area (Å²) in [7, 11) is 0. The molecule has 1 amide bonds. The number of rotatable bonds is 4. The predicted molar refractivity (Wildman–Crippen MR) is 107 cm³/mol. The van der Waals surface area contributed by atoms with E-state index in [0.717, 1.165) is 44.5 Å². The molecular weight excluding hydrogens is 338 g/mol. The van der Waals surface area contributed by atoms with E-state index in [-0.39, 0.29) is 11.7 Å². The van der Waals surface area contributed by atoms with E-state index in [1.807, 2.05) is 16.7 Å². The van der Waals surface area contributed by atoms with Gasteiger partial charge in [0.1, 0.15) is 0 Å². The Bertz CT molecular complexity index is 843. The third-order valence-electron chi connectivity index (χ3n) is 5.70. The van der Waals surface area contributed by atoms with E-state index in [1.54, 1.807) is 12.3 Å². The zero-order chi connectivity index (χ0) is 18.8. The molecule has 1 aromatic carbocycles. The lowest BCUT2D eigenvalue weighted by atomic mass is 10.1. The van der Waals surface area contributed by atoms with Crippen LogP contribution in [-0.4, -0.2) is 40.5 Å². The number of aryl methyl sites for hydroxylation is 2. The number of aromatic nitrogens is 1. The lowest BCUT2D eigenvalue weighted by Gasteiger charge is -2.27. The maximum Gasteiger partial charge on any atom is 0.255 e. The van der Waals surface area contributed by atoms with Crippen LogP contribution in [0, 0.1) is 0 Å². The fourth-order valence-electron chi connectivity index (χ4n) is 4.23. The monoisotopic (exact) mass is 365 g/mol. The van der Waals surface area contributed by atoms with Crippen LogP contribution in [0.1, 0.15) is 54.1 Å². The smallest absolute Gasteiger partial charge is 0.255 e. The van der Waals surface area contributed by atoms with Crippen LogP contribution in [0.3, 0.4) is 0 Å². The van der Waals surface area contributed by atoms with E-state index in [2.05, 4.69) is 23.2 Å². The molecule has 1 saturated heterocycles. The largest absolute Gasteiger partial charge is 0.504 e. The van der Waals surface area contributed by atoms with Crippen LogP contribution >= 0.6 is 0 Å². The fraction of sp³-hybridized carbons (Fsp3) is 0.455. The van der Waals surface area contributed by atoms with Crippen LogP contribution in [-0.2, 0) is 12.8 Å². The van der Waals surface area contributed by atoms with Crippen LogP contribution in [0.25, 0.3) is 0 Å². The first kappa shape index (κ1) is 17.8. The molecule has 2 aliphatic rings. The first-order valence-electron chi connectivity index (χ1n) is 10.0. The molecule has 0 saturated carbocycles. The molecule has 4 rings (SSSR count). The molecule has 0 radical (unpaired) electrons. The van der Waals surface area contributed by atoms with E-state index in [9.17, 15) is 9.90 Å². The quantitative estimate of drug-likeness (QED) is 0.888. The Balaban J connectivity index is 1.60. The van der Waals surface area contributed by atoms with Crippen molar-refractivity contribution in [2.24, 2.45) is 0 Å². The van der Waals surface area contributed by atoms with Crippen molar-refractivity contribution in [2.45, 2.75) is 45.4 Å². The van der Waals surface area contributed by atoms with Crippen molar-refractivity contribution in [3.63, 3.8) is 0 Å². The summed E-state index contributed by atoms with van der Waals surface area (Å²) < 4.78 is 0. The van der Waals surface area contributed by atoms with E-state index < -0.39 is 0 Å². The lowest BCUT2D eigenvalue weighted by Crippen LogP contribution is -2.35. The zero-order valence-corrected chi connectivity index (χ0v) is 15.9. The molecule has 1 N–H and O–H groups in total. The Morgan fingerprint density at radius 3 is 2.63 bits per heavy atom. The van der Waals surface area contributed by atoms with Crippen molar-refractivity contribution in [3.05, 3.63) is 47.2 Å². The first-order valence-corrected chi connectivity index (χ1v) is 10.0. The molecule has 1 aliphatic carbocycles. The van der Waals surface area contributed by atoms with Gasteiger partial charge >= 0.3 is 0 Å². The van der Waals surface area contributed by atoms with Gasteiger partial charge in [-0.05, 0) is 74.8 Å². The third-order valence-corrected chi connectivity index (χ3v) is 5.70. The molecule has 0 unspecified atom stereocenters. The minimum Gasteiger partial charge on any atom is -0.504 e. The number of hydrogen-bond donors (Lipinski definition) is 1. The highest BCUT2D eigenvalue weighted by molar-refractivity contribution is 5.95. The van der Waals surface area contributed by atoms with E-state index in [1.165, 1.54) is 24.0 Å². The second-order valence-corrected chi connectivity index (χ2v) is 7.47. The Morgan fingerprint density at radius 1 is 1.11 bits per heavy atom. The van der Waals surface area contributed by atoms with Crippen LogP contribution in [0.2, 0.25) is 0 Å². The number of aromatic hydroxyl groups is 1. The number of pyridine rings is 1. The molecular formula is C22H27N3O2. The van der Waals surface area contributed by atoms with Crippen molar-refractivity contribution in [2.75, 3.05) is 24.5 Å². The Kier molecular flexibility index (Phi) is 5.01. The van der Waals surface area contributed by atoms with Crippen molar-refractivity contribution in [1.82, 2.24) is 9.88 Å². The Hall–Kier alpha value is -2.56. The maximum atomic E-state index is 12.7. The highest BCUT2D eigenvalue weighted by Crippen LogP contribution is 2.34. The van der Waals surface area contributed by atoms with Gasteiger partial charge in [0.2, 0.25) is 0 Å². The molecule has 5 heteroatoms. The van der Waals surface area contributed by atoms with Gasteiger partial charge < -0.3 is 14.9 Å². The molecule has 27 heavy (non-hydrogen) atoms. The number of hydrogen-bond acceptors (Lipinski definition) is 4. The molecule has 0 atom stereocenters. The summed E-state index contributed by atoms with van der Waals surface area (Å²) >= 11 is 0. The van der Waals surface area contributed by atoms with Crippen molar-refractivity contribution >= 4 is 17.4 Å². The number of benzene rings is 1. The number of anilines is 2. The first-order chi connectivity index (χ1) is 13.2. The van der Waals surface area contributed by atoms with Crippen molar-refractivity contribution in [3.8, 4) is 5.75 Å². The molecule has 0 bridgehead atoms. The standard InChI is InChI=1S/C22H27N3O2/c1-2-25(19-10-9-16-7-6-8-17(16)13-19)21-20(26)14-18(15-23-21)22(27)24-11-4-3-5-12-24/h9-10,13-15,26H,2-8,11-12H2,1H3. The molecule has 0 spiro atoms. The van der Waals surface area contributed by atoms with Crippen molar-refractivity contribution in [1.29, 1.82) is 0 Å². The molecule has 5 nitrogen and oxygen atoms in total. The highest BCUT2D eigenvalue weighted by Gasteiger charge is 2.22. The van der Waals surface area contributed by atoms with Gasteiger partial charge in [-0.15, -0.1) is 0 Å². The average molecular weight is 365 g/mol. The van der Waals surface area contributed by atoms with Crippen LogP contribution in [0.15, 0.2) is 30.5 Å². The average Bonchev–Trinajstić information content (AvgIpc) is 3.18. The van der Waals surface area contributed by atoms with Gasteiger partial charge in [-0.3, -0.25) is 4.79 Å². The zero-order valence-electron chi connectivity index (χ0n) is 15.9. The second kappa shape index (κ2) is 7.59. The lowest BCUT2D eigenvalue weighted by molar-refractivity contribution is 0.0723. The minimum absolute atomic E-state index is 0.0374. The van der Waals surface area contributed by atoms with E-state index in [4.69, 9.17) is 0 Å². The number of nitrogens with zero attached hydrogens (tertiary/aromatic N) is 3. The second-order valence-electron chi connectivity index (χ2n) is 7.47. The summed E-state index contributed by atoms with van der Waals surface area (Å²) in [5, 5.41) is 10.6. The summed E-state index contributed by atoms with van der Waals surface area (Å²) in [6, 6.07) is 8.06. The van der Waals surface area contributed by atoms with Gasteiger partial charge in [0.15, 0.2) is 11.6 Å². The summed E-state index contributed by atoms with van der Waals surface area (Å²) in [4.78, 5) is 21.0. The SMILES string of the molecule is CCN(c1ccc2c(c1)CCC2)c1ncc(C(=O)N2CCCCC2)cc1O. The molecule has 1 fully saturated rings. The highest BCUT2D eigenvalue weighted by atomic mass is 16.3. The van der Waals surface area contributed by atoms with Gasteiger partial charge in [0.25, 0.3) is 5.91 Å². The number of carbonyl (C=O) groups excluding carboxylic acids is 1. The molecule has 2 aromatic rings. The summed E-state index contributed by atoms with van der Waals surface area (Å²) in [6.45, 7) is 4.31. The molecule has 1 aromatic heterocycles. The number of likely N-dealkylation sites (tertiary alicyclic amines) is 1. The van der Waals surface area contributed by atoms with Gasteiger partial charge in [-0.2, -0.15) is 0 Å². The minimum atomic E-state index is -0.0374. The number of fused-ring (bicyclic) bond motifs is 1. The molecule has 2 heterocycles. The fourth-order valence-corrected chi connectivity index (χ4v) is 4.23. The van der Waals surface area contributed by atoms with Crippen LogP contribution < -0.4 is 4.90 Å². The van der Waals surface area contributed by atoms with Crippen LogP contribution in [0.4, 0.5) is 11.5 Å². The van der Waals surface area contributed by atoms with E-state index >= 15 is 0 Å². The Labute approximate surface area is 160 Å².